The van der Waals surface area contributed by atoms with Gasteiger partial charge >= 0.3 is 0 Å². The third-order valence-electron chi connectivity index (χ3n) is 5.54. The molecule has 2 heterocycles. The van der Waals surface area contributed by atoms with Crippen LogP contribution in [-0.2, 0) is 0 Å². The summed E-state index contributed by atoms with van der Waals surface area (Å²) in [5, 5.41) is 3.24. The van der Waals surface area contributed by atoms with E-state index in [0.29, 0.717) is 5.56 Å². The summed E-state index contributed by atoms with van der Waals surface area (Å²) in [4.78, 5) is 21.6. The first-order valence-corrected chi connectivity index (χ1v) is 10.0. The van der Waals surface area contributed by atoms with Crippen LogP contribution in [0.25, 0.3) is 0 Å². The number of rotatable bonds is 4. The average Bonchev–Trinajstić information content (AvgIpc) is 2.77. The molecule has 29 heavy (non-hydrogen) atoms. The third kappa shape index (κ3) is 4.24. The van der Waals surface area contributed by atoms with Crippen molar-refractivity contribution < 1.29 is 4.79 Å². The highest BCUT2D eigenvalue weighted by Crippen LogP contribution is 2.24. The minimum atomic E-state index is 0.0457. The Labute approximate surface area is 172 Å². The quantitative estimate of drug-likeness (QED) is 0.722. The van der Waals surface area contributed by atoms with E-state index in [1.807, 2.05) is 47.4 Å². The fraction of sp³-hybridized carbons (Fsp3) is 0.250. The van der Waals surface area contributed by atoms with E-state index in [4.69, 9.17) is 0 Å². The SMILES string of the molecule is Cc1cccc(N2CCN(C(=O)c3ccc(Nc4ccccc4)nc3)CC2)c1C. The minimum absolute atomic E-state index is 0.0457. The van der Waals surface area contributed by atoms with Crippen LogP contribution >= 0.6 is 0 Å². The van der Waals surface area contributed by atoms with Crippen LogP contribution in [0.3, 0.4) is 0 Å². The molecule has 5 nitrogen and oxygen atoms in total. The number of pyridine rings is 1. The Morgan fingerprint density at radius 3 is 2.34 bits per heavy atom. The first-order chi connectivity index (χ1) is 14.1. The number of anilines is 3. The maximum Gasteiger partial charge on any atom is 0.255 e. The summed E-state index contributed by atoms with van der Waals surface area (Å²) < 4.78 is 0. The van der Waals surface area contributed by atoms with Gasteiger partial charge in [-0.2, -0.15) is 0 Å². The molecular weight excluding hydrogens is 360 g/mol. The summed E-state index contributed by atoms with van der Waals surface area (Å²) in [6.45, 7) is 7.43. The topological polar surface area (TPSA) is 48.5 Å². The Hall–Kier alpha value is -3.34. The zero-order valence-corrected chi connectivity index (χ0v) is 16.9. The van der Waals surface area contributed by atoms with Gasteiger partial charge in [0, 0.05) is 43.8 Å². The summed E-state index contributed by atoms with van der Waals surface area (Å²) in [6.07, 6.45) is 1.66. The molecule has 148 valence electrons. The molecule has 1 aliphatic rings. The monoisotopic (exact) mass is 386 g/mol. The Bertz CT molecular complexity index is 978. The number of aryl methyl sites for hydroxylation is 1. The van der Waals surface area contributed by atoms with Gasteiger partial charge in [-0.15, -0.1) is 0 Å². The summed E-state index contributed by atoms with van der Waals surface area (Å²) >= 11 is 0. The van der Waals surface area contributed by atoms with Gasteiger partial charge in [-0.05, 0) is 55.3 Å². The molecule has 0 unspecified atom stereocenters. The lowest BCUT2D eigenvalue weighted by Crippen LogP contribution is -2.49. The van der Waals surface area contributed by atoms with Crippen LogP contribution in [0.5, 0.6) is 0 Å². The molecule has 0 aliphatic carbocycles. The van der Waals surface area contributed by atoms with Crippen molar-refractivity contribution in [1.29, 1.82) is 0 Å². The van der Waals surface area contributed by atoms with Gasteiger partial charge in [-0.1, -0.05) is 30.3 Å². The molecule has 0 bridgehead atoms. The van der Waals surface area contributed by atoms with Crippen molar-refractivity contribution in [3.8, 4) is 0 Å². The van der Waals surface area contributed by atoms with Crippen LogP contribution in [-0.4, -0.2) is 42.0 Å². The van der Waals surface area contributed by atoms with Gasteiger partial charge in [-0.3, -0.25) is 4.79 Å². The van der Waals surface area contributed by atoms with E-state index < -0.39 is 0 Å². The molecule has 2 aromatic carbocycles. The minimum Gasteiger partial charge on any atom is -0.368 e. The number of aromatic nitrogens is 1. The van der Waals surface area contributed by atoms with E-state index in [2.05, 4.69) is 47.2 Å². The van der Waals surface area contributed by atoms with Crippen LogP contribution < -0.4 is 10.2 Å². The number of carbonyl (C=O) groups is 1. The molecule has 1 amide bonds. The lowest BCUT2D eigenvalue weighted by molar-refractivity contribution is 0.0746. The van der Waals surface area contributed by atoms with Crippen LogP contribution in [0.2, 0.25) is 0 Å². The Morgan fingerprint density at radius 2 is 1.66 bits per heavy atom. The van der Waals surface area contributed by atoms with Gasteiger partial charge < -0.3 is 15.1 Å². The molecule has 0 atom stereocenters. The first-order valence-electron chi connectivity index (χ1n) is 10.0. The van der Waals surface area contributed by atoms with Crippen molar-refractivity contribution in [1.82, 2.24) is 9.88 Å². The number of piperazine rings is 1. The summed E-state index contributed by atoms with van der Waals surface area (Å²) in [5.74, 6) is 0.775. The van der Waals surface area contributed by atoms with Crippen molar-refractivity contribution in [2.45, 2.75) is 13.8 Å². The van der Waals surface area contributed by atoms with Crippen LogP contribution in [0.15, 0.2) is 66.9 Å². The van der Waals surface area contributed by atoms with Gasteiger partial charge in [0.25, 0.3) is 5.91 Å². The molecule has 0 saturated carbocycles. The second kappa shape index (κ2) is 8.35. The maximum atomic E-state index is 12.9. The van der Waals surface area contributed by atoms with Crippen molar-refractivity contribution in [2.24, 2.45) is 0 Å². The van der Waals surface area contributed by atoms with Gasteiger partial charge in [-0.25, -0.2) is 4.98 Å². The fourth-order valence-corrected chi connectivity index (χ4v) is 3.67. The van der Waals surface area contributed by atoms with Gasteiger partial charge in [0.05, 0.1) is 5.56 Å². The molecule has 1 N–H and O–H groups in total. The number of nitrogens with zero attached hydrogens (tertiary/aromatic N) is 3. The number of para-hydroxylation sites is 1. The number of nitrogens with one attached hydrogen (secondary N) is 1. The maximum absolute atomic E-state index is 12.9. The molecule has 0 radical (unpaired) electrons. The molecule has 1 saturated heterocycles. The molecule has 1 fully saturated rings. The van der Waals surface area contributed by atoms with Crippen LogP contribution in [0, 0.1) is 13.8 Å². The van der Waals surface area contributed by atoms with Gasteiger partial charge in [0.1, 0.15) is 5.82 Å². The molecule has 1 aromatic heterocycles. The van der Waals surface area contributed by atoms with Crippen LogP contribution in [0.1, 0.15) is 21.5 Å². The molecular formula is C24H26N4O. The second-order valence-electron chi connectivity index (χ2n) is 7.42. The van der Waals surface area contributed by atoms with E-state index in [9.17, 15) is 4.79 Å². The predicted octanol–water partition coefficient (Wildman–Crippen LogP) is 4.40. The highest BCUT2D eigenvalue weighted by atomic mass is 16.2. The van der Waals surface area contributed by atoms with E-state index in [-0.39, 0.29) is 5.91 Å². The third-order valence-corrected chi connectivity index (χ3v) is 5.54. The van der Waals surface area contributed by atoms with E-state index >= 15 is 0 Å². The average molecular weight is 386 g/mol. The Kier molecular flexibility index (Phi) is 5.47. The summed E-state index contributed by atoms with van der Waals surface area (Å²) in [5.41, 5.74) is 5.50. The van der Waals surface area contributed by atoms with Gasteiger partial charge in [0.15, 0.2) is 0 Å². The lowest BCUT2D eigenvalue weighted by atomic mass is 10.1. The van der Waals surface area contributed by atoms with E-state index in [1.165, 1.54) is 16.8 Å². The number of benzene rings is 2. The fourth-order valence-electron chi connectivity index (χ4n) is 3.67. The highest BCUT2D eigenvalue weighted by Gasteiger charge is 2.23. The van der Waals surface area contributed by atoms with E-state index in [0.717, 1.165) is 37.7 Å². The molecule has 1 aliphatic heterocycles. The van der Waals surface area contributed by atoms with Crippen molar-refractivity contribution in [3.05, 3.63) is 83.6 Å². The van der Waals surface area contributed by atoms with Crippen LogP contribution in [0.4, 0.5) is 17.2 Å². The van der Waals surface area contributed by atoms with Crippen molar-refractivity contribution in [3.63, 3.8) is 0 Å². The van der Waals surface area contributed by atoms with E-state index in [1.54, 1.807) is 6.20 Å². The Morgan fingerprint density at radius 1 is 0.897 bits per heavy atom. The number of hydrogen-bond acceptors (Lipinski definition) is 4. The number of carbonyl (C=O) groups excluding carboxylic acids is 1. The van der Waals surface area contributed by atoms with Crippen molar-refractivity contribution in [2.75, 3.05) is 36.4 Å². The Balaban J connectivity index is 1.37. The lowest BCUT2D eigenvalue weighted by Gasteiger charge is -2.37. The molecule has 3 aromatic rings. The molecule has 4 rings (SSSR count). The highest BCUT2D eigenvalue weighted by molar-refractivity contribution is 5.94. The molecule has 0 spiro atoms. The summed E-state index contributed by atoms with van der Waals surface area (Å²) in [7, 11) is 0. The van der Waals surface area contributed by atoms with Gasteiger partial charge in [0.2, 0.25) is 0 Å². The summed E-state index contributed by atoms with van der Waals surface area (Å²) in [6, 6.07) is 20.0. The zero-order chi connectivity index (χ0) is 20.2. The normalized spacial score (nSPS) is 14.0. The zero-order valence-electron chi connectivity index (χ0n) is 16.9. The predicted molar refractivity (Wildman–Crippen MR) is 118 cm³/mol. The van der Waals surface area contributed by atoms with Crippen molar-refractivity contribution >= 4 is 23.1 Å². The standard InChI is InChI=1S/C24H26N4O/c1-18-7-6-10-22(19(18)2)27-13-15-28(16-14-27)24(29)20-11-12-23(25-17-20)26-21-8-4-3-5-9-21/h3-12,17H,13-16H2,1-2H3,(H,25,26). The largest absolute Gasteiger partial charge is 0.368 e. The number of hydrogen-bond donors (Lipinski definition) is 1. The first kappa shape index (κ1) is 19.0. The number of amides is 1. The smallest absolute Gasteiger partial charge is 0.255 e. The second-order valence-corrected chi connectivity index (χ2v) is 7.42. The molecule has 5 heteroatoms.